The van der Waals surface area contributed by atoms with Gasteiger partial charge in [0.2, 0.25) is 0 Å². The number of hydrogen-bond donors (Lipinski definition) is 1. The van der Waals surface area contributed by atoms with Crippen molar-refractivity contribution in [1.82, 2.24) is 0 Å². The van der Waals surface area contributed by atoms with E-state index >= 15 is 0 Å². The van der Waals surface area contributed by atoms with Gasteiger partial charge in [-0.3, -0.25) is 0 Å². The molecular formula is C11H13BrFNO. The van der Waals surface area contributed by atoms with Crippen LogP contribution in [0.25, 0.3) is 0 Å². The van der Waals surface area contributed by atoms with Gasteiger partial charge in [-0.2, -0.15) is 0 Å². The van der Waals surface area contributed by atoms with Crippen molar-refractivity contribution < 1.29 is 9.13 Å². The molecule has 2 N–H and O–H groups in total. The van der Waals surface area contributed by atoms with E-state index in [0.717, 1.165) is 23.7 Å². The summed E-state index contributed by atoms with van der Waals surface area (Å²) >= 11 is 3.34. The van der Waals surface area contributed by atoms with Crippen molar-refractivity contribution >= 4 is 15.9 Å². The molecule has 0 aliphatic heterocycles. The molecule has 1 aromatic rings. The van der Waals surface area contributed by atoms with E-state index in [1.165, 1.54) is 13.2 Å². The lowest BCUT2D eigenvalue weighted by Crippen LogP contribution is -2.44. The number of methoxy groups -OCH3 is 1. The van der Waals surface area contributed by atoms with Gasteiger partial charge < -0.3 is 10.5 Å². The normalized spacial score (nSPS) is 18.4. The molecule has 15 heavy (non-hydrogen) atoms. The molecule has 0 bridgehead atoms. The van der Waals surface area contributed by atoms with E-state index in [2.05, 4.69) is 15.9 Å². The molecule has 1 saturated carbocycles. The molecule has 0 aromatic heterocycles. The summed E-state index contributed by atoms with van der Waals surface area (Å²) in [6.07, 6.45) is 2.68. The first-order chi connectivity index (χ1) is 7.08. The van der Waals surface area contributed by atoms with Crippen molar-refractivity contribution in [1.29, 1.82) is 0 Å². The molecule has 4 heteroatoms. The molecule has 0 atom stereocenters. The highest BCUT2D eigenvalue weighted by Crippen LogP contribution is 2.46. The monoisotopic (exact) mass is 273 g/mol. The summed E-state index contributed by atoms with van der Waals surface area (Å²) in [4.78, 5) is 0. The summed E-state index contributed by atoms with van der Waals surface area (Å²) in [7, 11) is 1.53. The Balaban J connectivity index is 2.57. The van der Waals surface area contributed by atoms with Crippen LogP contribution in [0.3, 0.4) is 0 Å². The minimum absolute atomic E-state index is 0.280. The quantitative estimate of drug-likeness (QED) is 0.899. The highest BCUT2D eigenvalue weighted by molar-refractivity contribution is 9.10. The minimum atomic E-state index is -0.542. The molecule has 0 heterocycles. The zero-order chi connectivity index (χ0) is 11.1. The topological polar surface area (TPSA) is 35.2 Å². The van der Waals surface area contributed by atoms with Crippen LogP contribution in [-0.4, -0.2) is 7.11 Å². The van der Waals surface area contributed by atoms with Crippen molar-refractivity contribution in [2.24, 2.45) is 5.73 Å². The highest BCUT2D eigenvalue weighted by atomic mass is 79.9. The molecule has 0 amide bonds. The highest BCUT2D eigenvalue weighted by Gasteiger charge is 2.39. The lowest BCUT2D eigenvalue weighted by molar-refractivity contribution is 0.234. The van der Waals surface area contributed by atoms with E-state index < -0.39 is 5.54 Å². The number of ether oxygens (including phenoxy) is 1. The molecule has 1 aliphatic carbocycles. The lowest BCUT2D eigenvalue weighted by atomic mass is 9.72. The third-order valence-corrected chi connectivity index (χ3v) is 3.63. The Bertz CT molecular complexity index is 390. The first-order valence-corrected chi connectivity index (χ1v) is 5.69. The summed E-state index contributed by atoms with van der Waals surface area (Å²) in [5.74, 6) is 0.245. The van der Waals surface area contributed by atoms with Crippen LogP contribution in [0, 0.1) is 5.82 Å². The molecule has 82 valence electrons. The van der Waals surface area contributed by atoms with Crippen molar-refractivity contribution in [2.45, 2.75) is 24.8 Å². The number of rotatable bonds is 2. The lowest BCUT2D eigenvalue weighted by Gasteiger charge is -2.39. The van der Waals surface area contributed by atoms with E-state index in [4.69, 9.17) is 10.5 Å². The Morgan fingerprint density at radius 2 is 2.13 bits per heavy atom. The Labute approximate surface area is 96.7 Å². The van der Waals surface area contributed by atoms with Gasteiger partial charge in [-0.15, -0.1) is 0 Å². The fourth-order valence-electron chi connectivity index (χ4n) is 2.00. The summed E-state index contributed by atoms with van der Waals surface area (Å²) in [6.45, 7) is 0. The van der Waals surface area contributed by atoms with Crippen LogP contribution in [-0.2, 0) is 5.54 Å². The van der Waals surface area contributed by atoms with Crippen LogP contribution in [0.4, 0.5) is 4.39 Å². The molecule has 2 nitrogen and oxygen atoms in total. The van der Waals surface area contributed by atoms with Gasteiger partial charge in [0.1, 0.15) is 11.6 Å². The Morgan fingerprint density at radius 1 is 1.47 bits per heavy atom. The maximum Gasteiger partial charge on any atom is 0.141 e. The van der Waals surface area contributed by atoms with Crippen LogP contribution >= 0.6 is 15.9 Å². The molecule has 0 unspecified atom stereocenters. The van der Waals surface area contributed by atoms with Gasteiger partial charge in [0, 0.05) is 5.54 Å². The molecule has 1 aromatic carbocycles. The maximum absolute atomic E-state index is 13.8. The SMILES string of the molecule is COc1c(Br)ccc(F)c1C1(N)CCC1. The van der Waals surface area contributed by atoms with Gasteiger partial charge in [-0.25, -0.2) is 4.39 Å². The average Bonchev–Trinajstić information content (AvgIpc) is 2.17. The summed E-state index contributed by atoms with van der Waals surface area (Å²) in [5, 5.41) is 0. The van der Waals surface area contributed by atoms with Gasteiger partial charge in [0.15, 0.2) is 0 Å². The number of benzene rings is 1. The third kappa shape index (κ3) is 1.66. The number of halogens is 2. The van der Waals surface area contributed by atoms with E-state index in [1.807, 2.05) is 0 Å². The first-order valence-electron chi connectivity index (χ1n) is 4.90. The van der Waals surface area contributed by atoms with Crippen LogP contribution in [0.1, 0.15) is 24.8 Å². The van der Waals surface area contributed by atoms with Crippen LogP contribution < -0.4 is 10.5 Å². The standard InChI is InChI=1S/C11H13BrFNO/c1-15-10-7(12)3-4-8(13)9(10)11(14)5-2-6-11/h3-4H,2,5-6,14H2,1H3. The van der Waals surface area contributed by atoms with Crippen molar-refractivity contribution in [3.8, 4) is 5.75 Å². The van der Waals surface area contributed by atoms with Crippen molar-refractivity contribution in [3.63, 3.8) is 0 Å². The van der Waals surface area contributed by atoms with E-state index in [-0.39, 0.29) is 5.82 Å². The fraction of sp³-hybridized carbons (Fsp3) is 0.455. The van der Waals surface area contributed by atoms with Crippen molar-refractivity contribution in [3.05, 3.63) is 28.0 Å². The Kier molecular flexibility index (Phi) is 2.73. The predicted octanol–water partition coefficient (Wildman–Crippen LogP) is 2.93. The zero-order valence-electron chi connectivity index (χ0n) is 8.52. The second kappa shape index (κ2) is 3.76. The maximum atomic E-state index is 13.8. The summed E-state index contributed by atoms with van der Waals surface area (Å²) in [5.41, 5.74) is 6.09. The number of hydrogen-bond acceptors (Lipinski definition) is 2. The van der Waals surface area contributed by atoms with E-state index in [9.17, 15) is 4.39 Å². The molecule has 1 fully saturated rings. The Hall–Kier alpha value is -0.610. The van der Waals surface area contributed by atoms with Gasteiger partial charge in [-0.1, -0.05) is 0 Å². The van der Waals surface area contributed by atoms with Crippen molar-refractivity contribution in [2.75, 3.05) is 7.11 Å². The predicted molar refractivity (Wildman–Crippen MR) is 60.4 cm³/mol. The molecule has 0 spiro atoms. The number of nitrogens with two attached hydrogens (primary N) is 1. The average molecular weight is 274 g/mol. The van der Waals surface area contributed by atoms with Gasteiger partial charge in [0.25, 0.3) is 0 Å². The zero-order valence-corrected chi connectivity index (χ0v) is 10.1. The molecule has 0 radical (unpaired) electrons. The molecule has 0 saturated heterocycles. The van der Waals surface area contributed by atoms with Crippen LogP contribution in [0.5, 0.6) is 5.75 Å². The van der Waals surface area contributed by atoms with Crippen LogP contribution in [0.2, 0.25) is 0 Å². The summed E-state index contributed by atoms with van der Waals surface area (Å²) < 4.78 is 19.7. The second-order valence-electron chi connectivity index (χ2n) is 3.95. The summed E-state index contributed by atoms with van der Waals surface area (Å²) in [6, 6.07) is 3.06. The fourth-order valence-corrected chi connectivity index (χ4v) is 2.50. The third-order valence-electron chi connectivity index (χ3n) is 3.01. The molecular weight excluding hydrogens is 261 g/mol. The smallest absolute Gasteiger partial charge is 0.141 e. The van der Waals surface area contributed by atoms with Crippen LogP contribution in [0.15, 0.2) is 16.6 Å². The minimum Gasteiger partial charge on any atom is -0.495 e. The Morgan fingerprint density at radius 3 is 2.60 bits per heavy atom. The van der Waals surface area contributed by atoms with Gasteiger partial charge >= 0.3 is 0 Å². The largest absolute Gasteiger partial charge is 0.495 e. The van der Waals surface area contributed by atoms with Gasteiger partial charge in [-0.05, 0) is 47.3 Å². The second-order valence-corrected chi connectivity index (χ2v) is 4.80. The molecule has 2 rings (SSSR count). The van der Waals surface area contributed by atoms with E-state index in [1.54, 1.807) is 6.07 Å². The van der Waals surface area contributed by atoms with E-state index in [0.29, 0.717) is 11.3 Å². The van der Waals surface area contributed by atoms with Gasteiger partial charge in [0.05, 0.1) is 17.1 Å². The first kappa shape index (κ1) is 10.9. The molecule has 1 aliphatic rings.